The number of hydrogen-bond acceptors (Lipinski definition) is 3. The number of hydrogen-bond donors (Lipinski definition) is 1. The molecule has 0 radical (unpaired) electrons. The molecule has 0 spiro atoms. The molecule has 3 heterocycles. The number of aryl methyl sites for hydroxylation is 1. The van der Waals surface area contributed by atoms with Gasteiger partial charge < -0.3 is 5.32 Å². The van der Waals surface area contributed by atoms with E-state index in [0.29, 0.717) is 5.92 Å². The number of aromatic nitrogens is 3. The van der Waals surface area contributed by atoms with E-state index < -0.39 is 0 Å². The molecule has 0 amide bonds. The summed E-state index contributed by atoms with van der Waals surface area (Å²) in [6.45, 7) is 2.19. The summed E-state index contributed by atoms with van der Waals surface area (Å²) in [6.07, 6.45) is 6.12. The van der Waals surface area contributed by atoms with Crippen LogP contribution < -0.4 is 5.32 Å². The molecule has 18 heavy (non-hydrogen) atoms. The topological polar surface area (TPSA) is 42.7 Å². The molecule has 1 aliphatic rings. The number of piperidine rings is 1. The van der Waals surface area contributed by atoms with Gasteiger partial charge >= 0.3 is 0 Å². The van der Waals surface area contributed by atoms with Crippen molar-refractivity contribution in [3.63, 3.8) is 0 Å². The molecular formula is C14H18N4. The highest BCUT2D eigenvalue weighted by atomic mass is 15.3. The fourth-order valence-electron chi connectivity index (χ4n) is 2.59. The highest BCUT2D eigenvalue weighted by Crippen LogP contribution is 2.26. The summed E-state index contributed by atoms with van der Waals surface area (Å²) in [5, 5.41) is 8.11. The molecule has 2 aromatic heterocycles. The van der Waals surface area contributed by atoms with E-state index >= 15 is 0 Å². The third-order valence-electron chi connectivity index (χ3n) is 3.59. The second-order valence-electron chi connectivity index (χ2n) is 4.86. The van der Waals surface area contributed by atoms with E-state index in [1.165, 1.54) is 24.1 Å². The van der Waals surface area contributed by atoms with Crippen molar-refractivity contribution in [2.75, 3.05) is 13.1 Å². The summed E-state index contributed by atoms with van der Waals surface area (Å²) in [4.78, 5) is 4.06. The molecule has 0 saturated carbocycles. The molecule has 0 aliphatic carbocycles. The van der Waals surface area contributed by atoms with Crippen LogP contribution in [0.2, 0.25) is 0 Å². The molecule has 0 aromatic carbocycles. The van der Waals surface area contributed by atoms with Crippen molar-refractivity contribution in [2.45, 2.75) is 18.8 Å². The molecule has 1 atom stereocenters. The van der Waals surface area contributed by atoms with Gasteiger partial charge in [0.05, 0.1) is 11.4 Å². The zero-order valence-electron chi connectivity index (χ0n) is 10.6. The summed E-state index contributed by atoms with van der Waals surface area (Å²) < 4.78 is 1.97. The lowest BCUT2D eigenvalue weighted by Gasteiger charge is -2.20. The van der Waals surface area contributed by atoms with Crippen molar-refractivity contribution in [1.82, 2.24) is 20.1 Å². The van der Waals surface area contributed by atoms with Gasteiger partial charge in [-0.2, -0.15) is 5.10 Å². The van der Waals surface area contributed by atoms with Gasteiger partial charge in [0.15, 0.2) is 0 Å². The van der Waals surface area contributed by atoms with Gasteiger partial charge in [-0.1, -0.05) is 0 Å². The van der Waals surface area contributed by atoms with Crippen LogP contribution in [0.25, 0.3) is 11.3 Å². The third kappa shape index (κ3) is 2.16. The molecule has 1 fully saturated rings. The van der Waals surface area contributed by atoms with Crippen molar-refractivity contribution in [1.29, 1.82) is 0 Å². The fraction of sp³-hybridized carbons (Fsp3) is 0.429. The van der Waals surface area contributed by atoms with Crippen LogP contribution in [-0.4, -0.2) is 27.9 Å². The quantitative estimate of drug-likeness (QED) is 0.875. The average Bonchev–Trinajstić information content (AvgIpc) is 2.83. The number of rotatable bonds is 2. The molecule has 1 unspecified atom stereocenters. The van der Waals surface area contributed by atoms with Crippen LogP contribution in [0.4, 0.5) is 0 Å². The van der Waals surface area contributed by atoms with Gasteiger partial charge in [-0.3, -0.25) is 9.67 Å². The number of nitrogens with zero attached hydrogens (tertiary/aromatic N) is 3. The highest BCUT2D eigenvalue weighted by Gasteiger charge is 2.19. The van der Waals surface area contributed by atoms with E-state index in [0.717, 1.165) is 18.8 Å². The molecule has 1 N–H and O–H groups in total. The van der Waals surface area contributed by atoms with Crippen LogP contribution in [0.1, 0.15) is 24.5 Å². The van der Waals surface area contributed by atoms with Gasteiger partial charge in [-0.25, -0.2) is 0 Å². The molecular weight excluding hydrogens is 224 g/mol. The predicted octanol–water partition coefficient (Wildman–Crippen LogP) is 1.95. The number of pyridine rings is 1. The lowest BCUT2D eigenvalue weighted by atomic mass is 9.96. The fourth-order valence-corrected chi connectivity index (χ4v) is 2.59. The third-order valence-corrected chi connectivity index (χ3v) is 3.59. The van der Waals surface area contributed by atoms with E-state index in [-0.39, 0.29) is 0 Å². The average molecular weight is 242 g/mol. The zero-order valence-corrected chi connectivity index (χ0v) is 10.6. The minimum atomic E-state index is 0.556. The van der Waals surface area contributed by atoms with Crippen LogP contribution in [0.5, 0.6) is 0 Å². The minimum Gasteiger partial charge on any atom is -0.316 e. The van der Waals surface area contributed by atoms with Crippen molar-refractivity contribution < 1.29 is 0 Å². The van der Waals surface area contributed by atoms with Crippen LogP contribution in [0.15, 0.2) is 30.6 Å². The first kappa shape index (κ1) is 11.4. The Hall–Kier alpha value is -1.68. The molecule has 4 heteroatoms. The van der Waals surface area contributed by atoms with Crippen molar-refractivity contribution in [2.24, 2.45) is 7.05 Å². The Morgan fingerprint density at radius 3 is 2.89 bits per heavy atom. The van der Waals surface area contributed by atoms with Gasteiger partial charge in [0.2, 0.25) is 0 Å². The first-order valence-corrected chi connectivity index (χ1v) is 6.49. The predicted molar refractivity (Wildman–Crippen MR) is 71.3 cm³/mol. The van der Waals surface area contributed by atoms with Crippen molar-refractivity contribution in [3.05, 3.63) is 36.3 Å². The largest absolute Gasteiger partial charge is 0.316 e. The van der Waals surface area contributed by atoms with E-state index in [4.69, 9.17) is 0 Å². The van der Waals surface area contributed by atoms with Gasteiger partial charge in [0.25, 0.3) is 0 Å². The second-order valence-corrected chi connectivity index (χ2v) is 4.86. The Balaban J connectivity index is 1.91. The maximum atomic E-state index is 4.67. The monoisotopic (exact) mass is 242 g/mol. The van der Waals surface area contributed by atoms with Gasteiger partial charge in [-0.05, 0) is 37.6 Å². The molecule has 3 rings (SSSR count). The normalized spacial score (nSPS) is 19.9. The number of nitrogens with one attached hydrogen (secondary N) is 1. The second kappa shape index (κ2) is 4.90. The summed E-state index contributed by atoms with van der Waals surface area (Å²) in [5.41, 5.74) is 3.55. The van der Waals surface area contributed by atoms with Crippen molar-refractivity contribution in [3.8, 4) is 11.3 Å². The first-order valence-electron chi connectivity index (χ1n) is 6.49. The zero-order chi connectivity index (χ0) is 12.4. The molecule has 1 aliphatic heterocycles. The summed E-state index contributed by atoms with van der Waals surface area (Å²) >= 11 is 0. The highest BCUT2D eigenvalue weighted by molar-refractivity contribution is 5.59. The first-order chi connectivity index (χ1) is 8.84. The summed E-state index contributed by atoms with van der Waals surface area (Å²) in [6, 6.07) is 6.27. The lowest BCUT2D eigenvalue weighted by molar-refractivity contribution is 0.451. The van der Waals surface area contributed by atoms with E-state index in [2.05, 4.69) is 21.5 Å². The van der Waals surface area contributed by atoms with E-state index in [1.807, 2.05) is 36.3 Å². The molecule has 4 nitrogen and oxygen atoms in total. The van der Waals surface area contributed by atoms with Crippen LogP contribution in [0, 0.1) is 0 Å². The Morgan fingerprint density at radius 1 is 1.33 bits per heavy atom. The minimum absolute atomic E-state index is 0.556. The summed E-state index contributed by atoms with van der Waals surface area (Å²) in [5.74, 6) is 0.556. The van der Waals surface area contributed by atoms with Gasteiger partial charge in [0.1, 0.15) is 0 Å². The lowest BCUT2D eigenvalue weighted by Crippen LogP contribution is -2.28. The van der Waals surface area contributed by atoms with Crippen LogP contribution >= 0.6 is 0 Å². The molecule has 94 valence electrons. The standard InChI is InChI=1S/C14H18N4/c1-18-14(11-4-7-15-8-5-11)9-13(17-18)12-3-2-6-16-10-12/h4-5,7-9,12,16H,2-3,6,10H2,1H3. The molecule has 2 aromatic rings. The Bertz CT molecular complexity index is 512. The SMILES string of the molecule is Cn1nc(C2CCCNC2)cc1-c1ccncc1. The molecule has 1 saturated heterocycles. The van der Waals surface area contributed by atoms with Gasteiger partial charge in [-0.15, -0.1) is 0 Å². The smallest absolute Gasteiger partial charge is 0.0683 e. The Labute approximate surface area is 107 Å². The Kier molecular flexibility index (Phi) is 3.11. The van der Waals surface area contributed by atoms with E-state index in [9.17, 15) is 0 Å². The maximum absolute atomic E-state index is 4.67. The van der Waals surface area contributed by atoms with Crippen molar-refractivity contribution >= 4 is 0 Å². The molecule has 0 bridgehead atoms. The van der Waals surface area contributed by atoms with Crippen LogP contribution in [-0.2, 0) is 7.05 Å². The Morgan fingerprint density at radius 2 is 2.17 bits per heavy atom. The van der Waals surface area contributed by atoms with E-state index in [1.54, 1.807) is 0 Å². The van der Waals surface area contributed by atoms with Gasteiger partial charge in [0, 0.05) is 37.5 Å². The maximum Gasteiger partial charge on any atom is 0.0683 e. The van der Waals surface area contributed by atoms with Crippen LogP contribution in [0.3, 0.4) is 0 Å². The summed E-state index contributed by atoms with van der Waals surface area (Å²) in [7, 11) is 2.01.